The largest absolute Gasteiger partial charge is 0.360 e. The number of carbonyl (C=O) groups excluding carboxylic acids is 1. The van der Waals surface area contributed by atoms with Crippen LogP contribution in [0.2, 0.25) is 0 Å². The lowest BCUT2D eigenvalue weighted by Gasteiger charge is -2.36. The maximum Gasteiger partial charge on any atom is 0.238 e. The van der Waals surface area contributed by atoms with E-state index in [9.17, 15) is 4.79 Å². The summed E-state index contributed by atoms with van der Waals surface area (Å²) in [4.78, 5) is 16.6. The van der Waals surface area contributed by atoms with Crippen LogP contribution < -0.4 is 10.6 Å². The summed E-state index contributed by atoms with van der Waals surface area (Å²) in [5.74, 6) is 0.0300. The van der Waals surface area contributed by atoms with Crippen LogP contribution in [-0.4, -0.2) is 59.6 Å². The van der Waals surface area contributed by atoms with Crippen molar-refractivity contribution < 1.29 is 4.79 Å². The van der Waals surface area contributed by atoms with Crippen LogP contribution in [-0.2, 0) is 4.79 Å². The Morgan fingerprint density at radius 3 is 2.40 bits per heavy atom. The normalized spacial score (nSPS) is 19.0. The Morgan fingerprint density at radius 2 is 1.76 bits per heavy atom. The molecule has 0 unspecified atom stereocenters. The molecular formula is C18H25BrN4OS. The highest BCUT2D eigenvalue weighted by Gasteiger charge is 2.23. The first-order valence-electron chi connectivity index (χ1n) is 8.93. The van der Waals surface area contributed by atoms with E-state index < -0.39 is 0 Å². The molecule has 3 rings (SSSR count). The van der Waals surface area contributed by atoms with E-state index in [0.29, 0.717) is 12.6 Å². The number of carbonyl (C=O) groups is 1. The van der Waals surface area contributed by atoms with E-state index in [4.69, 9.17) is 12.2 Å². The molecule has 2 N–H and O–H groups in total. The third-order valence-electron chi connectivity index (χ3n) is 4.84. The topological polar surface area (TPSA) is 47.6 Å². The number of hydrogen-bond acceptors (Lipinski definition) is 3. The second kappa shape index (κ2) is 8.96. The molecule has 1 aliphatic heterocycles. The van der Waals surface area contributed by atoms with E-state index in [0.717, 1.165) is 41.5 Å². The summed E-state index contributed by atoms with van der Waals surface area (Å²) in [5.41, 5.74) is 0.828. The van der Waals surface area contributed by atoms with Gasteiger partial charge in [0.2, 0.25) is 5.91 Å². The third kappa shape index (κ3) is 5.66. The summed E-state index contributed by atoms with van der Waals surface area (Å²) in [5, 5.41) is 7.32. The van der Waals surface area contributed by atoms with Crippen molar-refractivity contribution in [3.8, 4) is 0 Å². The summed E-state index contributed by atoms with van der Waals surface area (Å²) < 4.78 is 1.00. The predicted molar refractivity (Wildman–Crippen MR) is 109 cm³/mol. The van der Waals surface area contributed by atoms with Gasteiger partial charge in [-0.2, -0.15) is 0 Å². The fraction of sp³-hybridized carbons (Fsp3) is 0.556. The Balaban J connectivity index is 1.38. The maximum atomic E-state index is 12.2. The van der Waals surface area contributed by atoms with Crippen molar-refractivity contribution in [1.82, 2.24) is 15.1 Å². The van der Waals surface area contributed by atoms with Crippen molar-refractivity contribution >= 4 is 44.9 Å². The average Bonchev–Trinajstić information content (AvgIpc) is 3.10. The van der Waals surface area contributed by atoms with Gasteiger partial charge in [-0.05, 0) is 49.3 Å². The number of nitrogens with one attached hydrogen (secondary N) is 2. The van der Waals surface area contributed by atoms with E-state index in [-0.39, 0.29) is 5.91 Å². The Kier molecular flexibility index (Phi) is 6.67. The van der Waals surface area contributed by atoms with Gasteiger partial charge in [0.05, 0.1) is 6.54 Å². The Labute approximate surface area is 163 Å². The maximum absolute atomic E-state index is 12.2. The molecule has 1 saturated carbocycles. The smallest absolute Gasteiger partial charge is 0.238 e. The number of amides is 1. The first kappa shape index (κ1) is 18.6. The highest BCUT2D eigenvalue weighted by atomic mass is 79.9. The number of thiocarbonyl (C=S) groups is 1. The van der Waals surface area contributed by atoms with Crippen LogP contribution in [0.1, 0.15) is 25.7 Å². The zero-order valence-electron chi connectivity index (χ0n) is 14.3. The number of benzene rings is 1. The van der Waals surface area contributed by atoms with E-state index >= 15 is 0 Å². The molecule has 0 aromatic heterocycles. The number of hydrogen-bond donors (Lipinski definition) is 2. The first-order chi connectivity index (χ1) is 12.1. The van der Waals surface area contributed by atoms with Gasteiger partial charge in [0.25, 0.3) is 0 Å². The molecular weight excluding hydrogens is 400 g/mol. The van der Waals surface area contributed by atoms with Crippen LogP contribution in [0.4, 0.5) is 5.69 Å². The fourth-order valence-corrected chi connectivity index (χ4v) is 4.00. The van der Waals surface area contributed by atoms with Gasteiger partial charge in [0.15, 0.2) is 5.11 Å². The van der Waals surface area contributed by atoms with Gasteiger partial charge in [-0.25, -0.2) is 0 Å². The van der Waals surface area contributed by atoms with Crippen LogP contribution in [0.25, 0.3) is 0 Å². The van der Waals surface area contributed by atoms with Crippen LogP contribution in [0.5, 0.6) is 0 Å². The molecule has 0 radical (unpaired) electrons. The number of halogens is 1. The minimum Gasteiger partial charge on any atom is -0.360 e. The van der Waals surface area contributed by atoms with Crippen LogP contribution in [0.15, 0.2) is 28.7 Å². The van der Waals surface area contributed by atoms with Gasteiger partial charge in [0.1, 0.15) is 0 Å². The second-order valence-electron chi connectivity index (χ2n) is 6.75. The lowest BCUT2D eigenvalue weighted by molar-refractivity contribution is -0.117. The van der Waals surface area contributed by atoms with E-state index in [2.05, 4.69) is 36.4 Å². The summed E-state index contributed by atoms with van der Waals surface area (Å²) in [6.07, 6.45) is 5.08. The fourth-order valence-electron chi connectivity index (χ4n) is 3.38. The van der Waals surface area contributed by atoms with Gasteiger partial charge in [-0.1, -0.05) is 28.8 Å². The monoisotopic (exact) mass is 424 g/mol. The highest BCUT2D eigenvalue weighted by Crippen LogP contribution is 2.18. The van der Waals surface area contributed by atoms with Gasteiger partial charge >= 0.3 is 0 Å². The van der Waals surface area contributed by atoms with Gasteiger partial charge in [-0.15, -0.1) is 0 Å². The van der Waals surface area contributed by atoms with E-state index in [1.807, 2.05) is 24.3 Å². The standard InChI is InChI=1S/C18H25BrN4OS/c19-14-5-7-16(8-6-14)20-17(24)13-22-9-11-23(12-10-22)18(25)21-15-3-1-2-4-15/h5-8,15H,1-4,9-13H2,(H,20,24)(H,21,25). The summed E-state index contributed by atoms with van der Waals surface area (Å²) in [6.45, 7) is 3.90. The van der Waals surface area contributed by atoms with Gasteiger partial charge in [0, 0.05) is 42.4 Å². The van der Waals surface area contributed by atoms with Crippen molar-refractivity contribution in [3.63, 3.8) is 0 Å². The van der Waals surface area contributed by atoms with Crippen LogP contribution in [0, 0.1) is 0 Å². The Bertz CT molecular complexity index is 596. The molecule has 0 atom stereocenters. The van der Waals surface area contributed by atoms with Crippen molar-refractivity contribution in [2.75, 3.05) is 38.0 Å². The quantitative estimate of drug-likeness (QED) is 0.727. The summed E-state index contributed by atoms with van der Waals surface area (Å²) in [6, 6.07) is 8.20. The Morgan fingerprint density at radius 1 is 1.12 bits per heavy atom. The molecule has 2 aliphatic rings. The molecule has 2 fully saturated rings. The van der Waals surface area contributed by atoms with Crippen molar-refractivity contribution in [2.45, 2.75) is 31.7 Å². The molecule has 1 amide bonds. The molecule has 25 heavy (non-hydrogen) atoms. The van der Waals surface area contributed by atoms with Crippen molar-refractivity contribution in [2.24, 2.45) is 0 Å². The zero-order chi connectivity index (χ0) is 17.6. The molecule has 1 aromatic carbocycles. The second-order valence-corrected chi connectivity index (χ2v) is 8.05. The predicted octanol–water partition coefficient (Wildman–Crippen LogP) is 2.82. The highest BCUT2D eigenvalue weighted by molar-refractivity contribution is 9.10. The lowest BCUT2D eigenvalue weighted by atomic mass is 10.2. The Hall–Kier alpha value is -1.18. The zero-order valence-corrected chi connectivity index (χ0v) is 16.7. The number of rotatable bonds is 4. The molecule has 1 aromatic rings. The minimum absolute atomic E-state index is 0.0300. The number of nitrogens with zero attached hydrogens (tertiary/aromatic N) is 2. The van der Waals surface area contributed by atoms with Gasteiger partial charge in [-0.3, -0.25) is 9.69 Å². The molecule has 7 heteroatoms. The molecule has 1 heterocycles. The van der Waals surface area contributed by atoms with E-state index in [1.54, 1.807) is 0 Å². The average molecular weight is 425 g/mol. The molecule has 1 saturated heterocycles. The summed E-state index contributed by atoms with van der Waals surface area (Å²) >= 11 is 8.94. The SMILES string of the molecule is O=C(CN1CCN(C(=S)NC2CCCC2)CC1)Nc1ccc(Br)cc1. The lowest BCUT2D eigenvalue weighted by Crippen LogP contribution is -2.54. The molecule has 5 nitrogen and oxygen atoms in total. The van der Waals surface area contributed by atoms with Crippen molar-refractivity contribution in [1.29, 1.82) is 0 Å². The first-order valence-corrected chi connectivity index (χ1v) is 10.1. The van der Waals surface area contributed by atoms with E-state index in [1.165, 1.54) is 25.7 Å². The van der Waals surface area contributed by atoms with Crippen LogP contribution >= 0.6 is 28.1 Å². The minimum atomic E-state index is 0.0300. The molecule has 136 valence electrons. The molecule has 0 spiro atoms. The molecule has 1 aliphatic carbocycles. The number of anilines is 1. The van der Waals surface area contributed by atoms with Gasteiger partial charge < -0.3 is 15.5 Å². The van der Waals surface area contributed by atoms with Crippen LogP contribution in [0.3, 0.4) is 0 Å². The molecule has 0 bridgehead atoms. The third-order valence-corrected chi connectivity index (χ3v) is 5.74. The summed E-state index contributed by atoms with van der Waals surface area (Å²) in [7, 11) is 0. The van der Waals surface area contributed by atoms with Crippen molar-refractivity contribution in [3.05, 3.63) is 28.7 Å². The number of piperazine rings is 1.